The summed E-state index contributed by atoms with van der Waals surface area (Å²) in [5.41, 5.74) is 1.67. The lowest BCUT2D eigenvalue weighted by Gasteiger charge is -2.25. The van der Waals surface area contributed by atoms with Crippen molar-refractivity contribution >= 4 is 0 Å². The van der Waals surface area contributed by atoms with Crippen molar-refractivity contribution in [1.82, 2.24) is 14.7 Å². The molecule has 0 unspecified atom stereocenters. The third-order valence-corrected chi connectivity index (χ3v) is 5.47. The van der Waals surface area contributed by atoms with Crippen molar-refractivity contribution in [1.29, 1.82) is 0 Å². The summed E-state index contributed by atoms with van der Waals surface area (Å²) in [6.07, 6.45) is 4.25. The van der Waals surface area contributed by atoms with Crippen molar-refractivity contribution in [3.8, 4) is 0 Å². The van der Waals surface area contributed by atoms with Gasteiger partial charge in [0.15, 0.2) is 0 Å². The Morgan fingerprint density at radius 3 is 2.62 bits per heavy atom. The topological polar surface area (TPSA) is 21.1 Å². The van der Waals surface area contributed by atoms with Crippen molar-refractivity contribution < 1.29 is 13.2 Å². The lowest BCUT2D eigenvalue weighted by atomic mass is 9.87. The van der Waals surface area contributed by atoms with Gasteiger partial charge < -0.3 is 4.90 Å². The molecule has 0 aromatic carbocycles. The van der Waals surface area contributed by atoms with Gasteiger partial charge in [0.25, 0.3) is 0 Å². The number of hydrogen-bond acceptors (Lipinski definition) is 2. The number of aromatic nitrogens is 2. The van der Waals surface area contributed by atoms with Crippen molar-refractivity contribution in [2.45, 2.75) is 70.5 Å². The summed E-state index contributed by atoms with van der Waals surface area (Å²) in [6.45, 7) is 3.90. The second-order valence-electron chi connectivity index (χ2n) is 7.35. The Morgan fingerprint density at radius 1 is 1.08 bits per heavy atom. The van der Waals surface area contributed by atoms with Gasteiger partial charge in [0.2, 0.25) is 0 Å². The van der Waals surface area contributed by atoms with Crippen LogP contribution in [0.25, 0.3) is 0 Å². The number of hydrogen-bond donors (Lipinski definition) is 0. The van der Waals surface area contributed by atoms with E-state index in [1.54, 1.807) is 0 Å². The molecule has 0 atom stereocenters. The Morgan fingerprint density at radius 2 is 1.88 bits per heavy atom. The summed E-state index contributed by atoms with van der Waals surface area (Å²) in [6, 6.07) is 1.87. The number of alkyl halides is 3. The van der Waals surface area contributed by atoms with Crippen LogP contribution in [0, 0.1) is 5.92 Å². The number of aryl methyl sites for hydroxylation is 1. The van der Waals surface area contributed by atoms with Gasteiger partial charge in [-0.1, -0.05) is 32.1 Å². The number of rotatable bonds is 5. The van der Waals surface area contributed by atoms with E-state index in [1.807, 2.05) is 10.7 Å². The minimum atomic E-state index is -4.10. The van der Waals surface area contributed by atoms with Crippen molar-refractivity contribution in [2.24, 2.45) is 5.92 Å². The number of halogens is 3. The average Bonchev–Trinajstić information content (AvgIpc) is 2.85. The first-order valence-electron chi connectivity index (χ1n) is 9.34. The van der Waals surface area contributed by atoms with Gasteiger partial charge in [-0.05, 0) is 24.9 Å². The maximum absolute atomic E-state index is 12.3. The maximum atomic E-state index is 12.3. The van der Waals surface area contributed by atoms with Crippen LogP contribution in [0.2, 0.25) is 0 Å². The van der Waals surface area contributed by atoms with Crippen LogP contribution in [0.15, 0.2) is 6.07 Å². The van der Waals surface area contributed by atoms with Gasteiger partial charge in [0.1, 0.15) is 0 Å². The zero-order valence-electron chi connectivity index (χ0n) is 14.3. The maximum Gasteiger partial charge on any atom is 0.389 e. The van der Waals surface area contributed by atoms with E-state index in [0.29, 0.717) is 5.69 Å². The smallest absolute Gasteiger partial charge is 0.301 e. The molecular weight excluding hydrogens is 315 g/mol. The molecule has 1 aromatic heterocycles. The second kappa shape index (κ2) is 7.89. The molecule has 1 fully saturated rings. The zero-order chi connectivity index (χ0) is 17.0. The monoisotopic (exact) mass is 343 g/mol. The van der Waals surface area contributed by atoms with E-state index in [1.165, 1.54) is 38.5 Å². The van der Waals surface area contributed by atoms with E-state index < -0.39 is 12.6 Å². The first-order valence-corrected chi connectivity index (χ1v) is 9.34. The van der Waals surface area contributed by atoms with E-state index in [-0.39, 0.29) is 6.42 Å². The summed E-state index contributed by atoms with van der Waals surface area (Å²) in [7, 11) is 0. The minimum Gasteiger partial charge on any atom is -0.301 e. The molecule has 0 saturated heterocycles. The van der Waals surface area contributed by atoms with E-state index in [0.717, 1.165) is 44.2 Å². The highest BCUT2D eigenvalue weighted by Crippen LogP contribution is 2.27. The molecule has 24 heavy (non-hydrogen) atoms. The highest BCUT2D eigenvalue weighted by atomic mass is 19.4. The molecule has 3 rings (SSSR count). The molecule has 0 radical (unpaired) electrons. The predicted molar refractivity (Wildman–Crippen MR) is 87.9 cm³/mol. The quantitative estimate of drug-likeness (QED) is 0.799. The van der Waals surface area contributed by atoms with Crippen molar-refractivity contribution in [3.05, 3.63) is 17.5 Å². The molecule has 6 heteroatoms. The van der Waals surface area contributed by atoms with Crippen LogP contribution in [-0.2, 0) is 19.4 Å². The van der Waals surface area contributed by atoms with Gasteiger partial charge in [-0.3, -0.25) is 4.68 Å². The van der Waals surface area contributed by atoms with Crippen LogP contribution in [0.5, 0.6) is 0 Å². The van der Waals surface area contributed by atoms with Crippen LogP contribution in [0.1, 0.15) is 56.3 Å². The number of nitrogens with zero attached hydrogens (tertiary/aromatic N) is 3. The molecule has 1 aliphatic carbocycles. The Bertz CT molecular complexity index is 493. The molecule has 1 saturated carbocycles. The molecule has 0 amide bonds. The van der Waals surface area contributed by atoms with Crippen LogP contribution in [-0.4, -0.2) is 40.5 Å². The zero-order valence-corrected chi connectivity index (χ0v) is 14.3. The SMILES string of the molecule is FC(F)(F)CCc1cc2n(n1)CCN(CCC1CCCCC1)CC2. The summed E-state index contributed by atoms with van der Waals surface area (Å²) in [5.74, 6) is 0.896. The van der Waals surface area contributed by atoms with E-state index in [4.69, 9.17) is 0 Å². The normalized spacial score (nSPS) is 20.8. The molecule has 3 nitrogen and oxygen atoms in total. The highest BCUT2D eigenvalue weighted by molar-refractivity contribution is 5.12. The Hall–Kier alpha value is -1.04. The fourth-order valence-corrected chi connectivity index (χ4v) is 3.99. The van der Waals surface area contributed by atoms with Gasteiger partial charge in [-0.2, -0.15) is 18.3 Å². The molecule has 0 N–H and O–H groups in total. The second-order valence-corrected chi connectivity index (χ2v) is 7.35. The van der Waals surface area contributed by atoms with Crippen LogP contribution >= 0.6 is 0 Å². The summed E-state index contributed by atoms with van der Waals surface area (Å²) in [4.78, 5) is 2.50. The lowest BCUT2D eigenvalue weighted by Crippen LogP contribution is -2.29. The largest absolute Gasteiger partial charge is 0.389 e. The standard InChI is InChI=1S/C18H28F3N3/c19-18(20,21)9-6-16-14-17-8-11-23(12-13-24(17)22-16)10-7-15-4-2-1-3-5-15/h14-15H,1-13H2. The molecule has 2 heterocycles. The van der Waals surface area contributed by atoms with Crippen molar-refractivity contribution in [3.63, 3.8) is 0 Å². The first-order chi connectivity index (χ1) is 11.5. The molecule has 2 aliphatic rings. The molecular formula is C18H28F3N3. The third-order valence-electron chi connectivity index (χ3n) is 5.47. The Kier molecular flexibility index (Phi) is 5.85. The Balaban J connectivity index is 1.46. The number of fused-ring (bicyclic) bond motifs is 1. The van der Waals surface area contributed by atoms with Crippen LogP contribution in [0.4, 0.5) is 13.2 Å². The minimum absolute atomic E-state index is 0.00507. The van der Waals surface area contributed by atoms with E-state index in [2.05, 4.69) is 10.00 Å². The van der Waals surface area contributed by atoms with Gasteiger partial charge in [-0.15, -0.1) is 0 Å². The fraction of sp³-hybridized carbons (Fsp3) is 0.833. The molecule has 1 aromatic rings. The third kappa shape index (κ3) is 5.23. The molecule has 0 bridgehead atoms. The van der Waals surface area contributed by atoms with Gasteiger partial charge in [-0.25, -0.2) is 0 Å². The summed E-state index contributed by atoms with van der Waals surface area (Å²) >= 11 is 0. The van der Waals surface area contributed by atoms with E-state index in [9.17, 15) is 13.2 Å². The Labute approximate surface area is 142 Å². The summed E-state index contributed by atoms with van der Waals surface area (Å²) in [5, 5.41) is 4.39. The molecule has 1 aliphatic heterocycles. The van der Waals surface area contributed by atoms with Gasteiger partial charge in [0.05, 0.1) is 12.2 Å². The highest BCUT2D eigenvalue weighted by Gasteiger charge is 2.27. The van der Waals surface area contributed by atoms with E-state index >= 15 is 0 Å². The van der Waals surface area contributed by atoms with Gasteiger partial charge in [0, 0.05) is 38.0 Å². The molecule has 0 spiro atoms. The van der Waals surface area contributed by atoms with Crippen molar-refractivity contribution in [2.75, 3.05) is 19.6 Å². The average molecular weight is 343 g/mol. The van der Waals surface area contributed by atoms with Gasteiger partial charge >= 0.3 is 6.18 Å². The van der Waals surface area contributed by atoms with Crippen LogP contribution in [0.3, 0.4) is 0 Å². The lowest BCUT2D eigenvalue weighted by molar-refractivity contribution is -0.134. The first kappa shape index (κ1) is 17.8. The van der Waals surface area contributed by atoms with Crippen LogP contribution < -0.4 is 0 Å². The fourth-order valence-electron chi connectivity index (χ4n) is 3.99. The summed E-state index contributed by atoms with van der Waals surface area (Å²) < 4.78 is 38.9. The molecule has 136 valence electrons. The predicted octanol–water partition coefficient (Wildman–Crippen LogP) is 4.21.